The van der Waals surface area contributed by atoms with Crippen molar-refractivity contribution in [2.24, 2.45) is 11.3 Å². The molecule has 1 N–H and O–H groups in total. The molecule has 5 nitrogen and oxygen atoms in total. The molecule has 2 aliphatic rings. The highest BCUT2D eigenvalue weighted by Crippen LogP contribution is 2.45. The van der Waals surface area contributed by atoms with Crippen LogP contribution in [0.2, 0.25) is 0 Å². The minimum Gasteiger partial charge on any atom is -0.355 e. The molecule has 1 heterocycles. The number of nitrogens with one attached hydrogen (secondary N) is 1. The quantitative estimate of drug-likeness (QED) is 0.575. The minimum absolute atomic E-state index is 0.185. The van der Waals surface area contributed by atoms with Gasteiger partial charge in [-0.05, 0) is 37.1 Å². The number of rotatable bonds is 7. The molecule has 1 saturated carbocycles. The number of methoxy groups -OCH3 is 2. The lowest BCUT2D eigenvalue weighted by molar-refractivity contribution is -0.196. The van der Waals surface area contributed by atoms with Crippen LogP contribution in [0, 0.1) is 11.3 Å². The Bertz CT molecular complexity index is 343. The Balaban J connectivity index is 1.66. The van der Waals surface area contributed by atoms with Gasteiger partial charge in [0.1, 0.15) is 0 Å². The third kappa shape index (κ3) is 5.40. The molecule has 2 fully saturated rings. The standard InChI is InChI=1S/C18H35NO4/c1-17(2,3)14-6-9-18(10-7-14)22-13-15(23-18)8-11-19-12-16(20-4)21-5/h14-16,19H,6-13H2,1-5H3. The molecular formula is C18H35NO4. The van der Waals surface area contributed by atoms with Gasteiger partial charge in [0.25, 0.3) is 0 Å². The Morgan fingerprint density at radius 3 is 2.39 bits per heavy atom. The van der Waals surface area contributed by atoms with Gasteiger partial charge in [-0.15, -0.1) is 0 Å². The van der Waals surface area contributed by atoms with Gasteiger partial charge in [-0.1, -0.05) is 20.8 Å². The van der Waals surface area contributed by atoms with Gasteiger partial charge < -0.3 is 24.3 Å². The minimum atomic E-state index is -0.298. The predicted molar refractivity (Wildman–Crippen MR) is 90.3 cm³/mol. The lowest BCUT2D eigenvalue weighted by Crippen LogP contribution is -2.39. The van der Waals surface area contributed by atoms with Crippen LogP contribution in [-0.4, -0.2) is 52.1 Å². The molecule has 0 aromatic heterocycles. The van der Waals surface area contributed by atoms with Crippen molar-refractivity contribution in [2.45, 2.75) is 71.1 Å². The molecule has 0 bridgehead atoms. The molecule has 0 radical (unpaired) electrons. The van der Waals surface area contributed by atoms with Crippen LogP contribution in [0.25, 0.3) is 0 Å². The highest BCUT2D eigenvalue weighted by atomic mass is 16.7. The van der Waals surface area contributed by atoms with E-state index in [1.807, 2.05) is 0 Å². The van der Waals surface area contributed by atoms with Crippen LogP contribution in [0.1, 0.15) is 52.9 Å². The van der Waals surface area contributed by atoms with Crippen molar-refractivity contribution in [2.75, 3.05) is 33.9 Å². The first-order valence-electron chi connectivity index (χ1n) is 8.96. The van der Waals surface area contributed by atoms with Crippen LogP contribution in [0.3, 0.4) is 0 Å². The Morgan fingerprint density at radius 1 is 1.17 bits per heavy atom. The zero-order valence-electron chi connectivity index (χ0n) is 15.5. The van der Waals surface area contributed by atoms with Crippen LogP contribution in [0.5, 0.6) is 0 Å². The van der Waals surface area contributed by atoms with Crippen molar-refractivity contribution < 1.29 is 18.9 Å². The van der Waals surface area contributed by atoms with Gasteiger partial charge in [-0.2, -0.15) is 0 Å². The monoisotopic (exact) mass is 329 g/mol. The van der Waals surface area contributed by atoms with Crippen LogP contribution in [0.15, 0.2) is 0 Å². The second kappa shape index (κ2) is 8.26. The van der Waals surface area contributed by atoms with E-state index >= 15 is 0 Å². The molecule has 1 aliphatic heterocycles. The van der Waals surface area contributed by atoms with Crippen molar-refractivity contribution in [1.29, 1.82) is 0 Å². The Labute approximate surface area is 141 Å². The molecule has 0 amide bonds. The lowest BCUT2D eigenvalue weighted by Gasteiger charge is -2.41. The third-order valence-electron chi connectivity index (χ3n) is 5.37. The van der Waals surface area contributed by atoms with Crippen molar-refractivity contribution in [3.05, 3.63) is 0 Å². The average Bonchev–Trinajstić information content (AvgIpc) is 2.90. The summed E-state index contributed by atoms with van der Waals surface area (Å²) in [6.45, 7) is 9.33. The molecule has 23 heavy (non-hydrogen) atoms. The van der Waals surface area contributed by atoms with Crippen LogP contribution < -0.4 is 5.32 Å². The highest BCUT2D eigenvalue weighted by molar-refractivity contribution is 4.88. The van der Waals surface area contributed by atoms with Crippen LogP contribution >= 0.6 is 0 Å². The SMILES string of the molecule is COC(CNCCC1COC2(CCC(C(C)(C)C)CC2)O1)OC. The van der Waals surface area contributed by atoms with Crippen LogP contribution in [0.4, 0.5) is 0 Å². The summed E-state index contributed by atoms with van der Waals surface area (Å²) in [5, 5.41) is 3.35. The predicted octanol–water partition coefficient (Wildman–Crippen LogP) is 2.93. The summed E-state index contributed by atoms with van der Waals surface area (Å²) in [5.41, 5.74) is 0.392. The lowest BCUT2D eigenvalue weighted by atomic mass is 9.71. The zero-order valence-corrected chi connectivity index (χ0v) is 15.5. The first-order chi connectivity index (χ1) is 10.9. The fourth-order valence-corrected chi connectivity index (χ4v) is 3.69. The molecule has 136 valence electrons. The summed E-state index contributed by atoms with van der Waals surface area (Å²) in [4.78, 5) is 0. The maximum atomic E-state index is 6.29. The largest absolute Gasteiger partial charge is 0.355 e. The molecule has 1 spiro atoms. The molecule has 1 unspecified atom stereocenters. The van der Waals surface area contributed by atoms with E-state index < -0.39 is 0 Å². The van der Waals surface area contributed by atoms with E-state index in [0.717, 1.165) is 38.3 Å². The summed E-state index contributed by atoms with van der Waals surface area (Å²) < 4.78 is 22.7. The van der Waals surface area contributed by atoms with Gasteiger partial charge in [-0.25, -0.2) is 0 Å². The van der Waals surface area contributed by atoms with E-state index in [0.29, 0.717) is 12.0 Å². The van der Waals surface area contributed by atoms with Gasteiger partial charge in [0, 0.05) is 33.6 Å². The topological polar surface area (TPSA) is 49.0 Å². The zero-order chi connectivity index (χ0) is 16.9. The first kappa shape index (κ1) is 19.1. The van der Waals surface area contributed by atoms with E-state index in [4.69, 9.17) is 18.9 Å². The summed E-state index contributed by atoms with van der Waals surface area (Å²) in [6.07, 6.45) is 5.47. The summed E-state index contributed by atoms with van der Waals surface area (Å²) >= 11 is 0. The maximum Gasteiger partial charge on any atom is 0.169 e. The van der Waals surface area contributed by atoms with Crippen molar-refractivity contribution in [1.82, 2.24) is 5.32 Å². The van der Waals surface area contributed by atoms with E-state index in [2.05, 4.69) is 26.1 Å². The van der Waals surface area contributed by atoms with Gasteiger partial charge in [0.05, 0.1) is 12.7 Å². The molecule has 0 aromatic carbocycles. The number of hydrogen-bond acceptors (Lipinski definition) is 5. The molecule has 1 aliphatic carbocycles. The molecule has 2 rings (SSSR count). The third-order valence-corrected chi connectivity index (χ3v) is 5.37. The fraction of sp³-hybridized carbons (Fsp3) is 1.00. The summed E-state index contributed by atoms with van der Waals surface area (Å²) in [7, 11) is 3.31. The maximum absolute atomic E-state index is 6.29. The molecule has 0 aromatic rings. The van der Waals surface area contributed by atoms with Crippen molar-refractivity contribution in [3.63, 3.8) is 0 Å². The van der Waals surface area contributed by atoms with Gasteiger partial charge in [0.15, 0.2) is 12.1 Å². The highest BCUT2D eigenvalue weighted by Gasteiger charge is 2.45. The fourth-order valence-electron chi connectivity index (χ4n) is 3.69. The van der Waals surface area contributed by atoms with Gasteiger partial charge in [0.2, 0.25) is 0 Å². The molecular weight excluding hydrogens is 294 g/mol. The van der Waals surface area contributed by atoms with Gasteiger partial charge >= 0.3 is 0 Å². The molecule has 5 heteroatoms. The Kier molecular flexibility index (Phi) is 6.87. The average molecular weight is 329 g/mol. The van der Waals surface area contributed by atoms with E-state index in [-0.39, 0.29) is 18.2 Å². The summed E-state index contributed by atoms with van der Waals surface area (Å²) in [5.74, 6) is 0.481. The molecule has 1 atom stereocenters. The van der Waals surface area contributed by atoms with E-state index in [1.165, 1.54) is 12.8 Å². The van der Waals surface area contributed by atoms with E-state index in [1.54, 1.807) is 14.2 Å². The summed E-state index contributed by atoms with van der Waals surface area (Å²) in [6, 6.07) is 0. The Hall–Kier alpha value is -0.200. The van der Waals surface area contributed by atoms with Crippen LogP contribution in [-0.2, 0) is 18.9 Å². The Morgan fingerprint density at radius 2 is 1.83 bits per heavy atom. The first-order valence-corrected chi connectivity index (χ1v) is 8.96. The normalized spacial score (nSPS) is 32.1. The number of ether oxygens (including phenoxy) is 4. The second-order valence-corrected chi connectivity index (χ2v) is 8.00. The smallest absolute Gasteiger partial charge is 0.169 e. The number of hydrogen-bond donors (Lipinski definition) is 1. The van der Waals surface area contributed by atoms with Crippen molar-refractivity contribution in [3.8, 4) is 0 Å². The second-order valence-electron chi connectivity index (χ2n) is 8.00. The molecule has 1 saturated heterocycles. The van der Waals surface area contributed by atoms with Crippen molar-refractivity contribution >= 4 is 0 Å². The van der Waals surface area contributed by atoms with Gasteiger partial charge in [-0.3, -0.25) is 0 Å². The van der Waals surface area contributed by atoms with E-state index in [9.17, 15) is 0 Å².